The van der Waals surface area contributed by atoms with Gasteiger partial charge >= 0.3 is 13.8 Å². The smallest absolute Gasteiger partial charge is 0.456 e. The molecule has 0 saturated carbocycles. The van der Waals surface area contributed by atoms with Gasteiger partial charge in [-0.3, -0.25) is 18.6 Å². The molecule has 79 heavy (non-hydrogen) atoms. The molecular weight excluding hydrogens is 1000 g/mol. The number of phosphoric ester groups is 1. The minimum absolute atomic E-state index is 0.0254. The number of rotatable bonds is 57. The van der Waals surface area contributed by atoms with Gasteiger partial charge in [-0.25, -0.2) is 4.57 Å². The molecule has 0 fully saturated rings. The molecule has 3 atom stereocenters. The van der Waals surface area contributed by atoms with Gasteiger partial charge in [0, 0.05) is 12.8 Å². The Bertz CT molecular complexity index is 1720. The molecule has 0 aliphatic carbocycles. The first-order valence-corrected chi connectivity index (χ1v) is 33.7. The van der Waals surface area contributed by atoms with E-state index in [0.29, 0.717) is 23.9 Å². The van der Waals surface area contributed by atoms with Crippen LogP contribution in [0, 0.1) is 0 Å². The van der Waals surface area contributed by atoms with E-state index in [2.05, 4.69) is 123 Å². The lowest BCUT2D eigenvalue weighted by Crippen LogP contribution is -2.47. The molecule has 0 aromatic heterocycles. The van der Waals surface area contributed by atoms with Crippen LogP contribution in [0.25, 0.3) is 0 Å². The summed E-state index contributed by atoms with van der Waals surface area (Å²) in [7, 11) is 1.45. The molecule has 3 unspecified atom stereocenters. The molecule has 1 amide bonds. The SMILES string of the molecule is CCCCC/C=C\C/C=C\C/C=C\C/C=C\CCCCCCCC(=O)NC(COP(=O)(O)OCC[N+](C)(C)C)C(/C=C/CCCCCCCCCCCCC)OC(=O)CCCCC/C=C\C/C=C\C/C=C\C/C=C\CCCCC. The van der Waals surface area contributed by atoms with Crippen molar-refractivity contribution in [3.05, 3.63) is 109 Å². The summed E-state index contributed by atoms with van der Waals surface area (Å²) < 4.78 is 30.7. The highest BCUT2D eigenvalue weighted by Crippen LogP contribution is 2.43. The van der Waals surface area contributed by atoms with Crippen LogP contribution in [-0.4, -0.2) is 74.3 Å². The van der Waals surface area contributed by atoms with Gasteiger partial charge in [-0.2, -0.15) is 0 Å². The van der Waals surface area contributed by atoms with Crippen LogP contribution in [0.4, 0.5) is 0 Å². The lowest BCUT2D eigenvalue weighted by molar-refractivity contribution is -0.870. The second kappa shape index (κ2) is 57.9. The van der Waals surface area contributed by atoms with E-state index in [9.17, 15) is 19.0 Å². The molecule has 0 saturated heterocycles. The Hall–Kier alpha value is -3.33. The predicted molar refractivity (Wildman–Crippen MR) is 341 cm³/mol. The van der Waals surface area contributed by atoms with E-state index in [1.54, 1.807) is 0 Å². The summed E-state index contributed by atoms with van der Waals surface area (Å²) in [5.74, 6) is -0.566. The molecule has 2 N–H and O–H groups in total. The fourth-order valence-electron chi connectivity index (χ4n) is 8.67. The number of carbonyl (C=O) groups excluding carboxylic acids is 2. The standard InChI is InChI=1S/C69H121N2O7P/c1-7-10-13-16-19-22-25-28-30-32-34-35-37-38-40-43-46-49-52-55-58-61-68(72)70-66(65-77-79(74,75)76-64-63-71(4,5)6)67(60-57-54-51-48-45-42-27-24-21-18-15-12-9-3)78-69(73)62-59-56-53-50-47-44-41-39-36-33-31-29-26-23-20-17-14-11-8-2/h19-20,22-23,28-31,34-36,38-40,44,47,57,60,66-67H,7-18,21,24-27,32-33,37,41-43,45-46,48-56,58-59,61-65H2,1-6H3,(H-,70,72,74,75)/p+1/b22-19-,23-20-,30-28-,31-29-,35-34-,39-36-,40-38-,47-44-,60-57+. The fourth-order valence-corrected chi connectivity index (χ4v) is 9.41. The van der Waals surface area contributed by atoms with Crippen LogP contribution in [-0.2, 0) is 27.9 Å². The van der Waals surface area contributed by atoms with Crippen molar-refractivity contribution in [2.45, 2.75) is 277 Å². The van der Waals surface area contributed by atoms with Crippen LogP contribution in [0.15, 0.2) is 109 Å². The number of phosphoric acid groups is 1. The van der Waals surface area contributed by atoms with E-state index >= 15 is 0 Å². The number of unbranched alkanes of at least 4 members (excludes halogenated alkanes) is 25. The first-order chi connectivity index (χ1) is 38.4. The van der Waals surface area contributed by atoms with Gasteiger partial charge in [0.2, 0.25) is 5.91 Å². The predicted octanol–water partition coefficient (Wildman–Crippen LogP) is 20.1. The molecule has 9 nitrogen and oxygen atoms in total. The lowest BCUT2D eigenvalue weighted by Gasteiger charge is -2.27. The zero-order chi connectivity index (χ0) is 57.9. The first-order valence-electron chi connectivity index (χ1n) is 32.2. The molecule has 0 aliphatic rings. The molecule has 0 radical (unpaired) electrons. The van der Waals surface area contributed by atoms with Crippen LogP contribution in [0.3, 0.4) is 0 Å². The van der Waals surface area contributed by atoms with E-state index in [0.717, 1.165) is 116 Å². The van der Waals surface area contributed by atoms with E-state index in [-0.39, 0.29) is 31.5 Å². The summed E-state index contributed by atoms with van der Waals surface area (Å²) in [6.45, 7) is 6.92. The monoisotopic (exact) mass is 1120 g/mol. The second-order valence-electron chi connectivity index (χ2n) is 22.6. The van der Waals surface area contributed by atoms with Crippen LogP contribution >= 0.6 is 7.82 Å². The van der Waals surface area contributed by atoms with Crippen LogP contribution in [0.1, 0.15) is 265 Å². The Morgan fingerprint density at radius 1 is 0.443 bits per heavy atom. The van der Waals surface area contributed by atoms with Crippen molar-refractivity contribution in [2.75, 3.05) is 40.9 Å². The summed E-state index contributed by atoms with van der Waals surface area (Å²) in [6, 6.07) is -0.879. The molecule has 0 rings (SSSR count). The molecule has 10 heteroatoms. The van der Waals surface area contributed by atoms with Crippen LogP contribution < -0.4 is 5.32 Å². The molecular formula is C69H122N2O7P+. The Kier molecular flexibility index (Phi) is 55.4. The Labute approximate surface area is 487 Å². The second-order valence-corrected chi connectivity index (χ2v) is 24.0. The van der Waals surface area contributed by atoms with Gasteiger partial charge in [0.15, 0.2) is 0 Å². The maximum absolute atomic E-state index is 13.6. The first kappa shape index (κ1) is 75.7. The van der Waals surface area contributed by atoms with E-state index in [1.807, 2.05) is 33.3 Å². The number of hydrogen-bond donors (Lipinski definition) is 2. The Morgan fingerprint density at radius 2 is 0.772 bits per heavy atom. The minimum Gasteiger partial charge on any atom is -0.456 e. The third-order valence-electron chi connectivity index (χ3n) is 13.7. The highest BCUT2D eigenvalue weighted by atomic mass is 31.2. The van der Waals surface area contributed by atoms with Crippen molar-refractivity contribution in [3.63, 3.8) is 0 Å². The number of nitrogens with zero attached hydrogens (tertiary/aromatic N) is 1. The highest BCUT2D eigenvalue weighted by molar-refractivity contribution is 7.47. The molecule has 0 aromatic rings. The zero-order valence-electron chi connectivity index (χ0n) is 51.8. The third kappa shape index (κ3) is 59.1. The summed E-state index contributed by atoms with van der Waals surface area (Å²) in [6.07, 6.45) is 79.4. The number of quaternary nitrogens is 1. The summed E-state index contributed by atoms with van der Waals surface area (Å²) in [4.78, 5) is 37.8. The summed E-state index contributed by atoms with van der Waals surface area (Å²) in [5.41, 5.74) is 0. The average Bonchev–Trinajstić information content (AvgIpc) is 3.41. The average molecular weight is 1120 g/mol. The van der Waals surface area contributed by atoms with Crippen molar-refractivity contribution in [2.24, 2.45) is 0 Å². The number of allylic oxidation sites excluding steroid dienone is 17. The van der Waals surface area contributed by atoms with E-state index in [1.165, 1.54) is 109 Å². The van der Waals surface area contributed by atoms with Crippen molar-refractivity contribution in [1.82, 2.24) is 5.32 Å². The van der Waals surface area contributed by atoms with Crippen molar-refractivity contribution < 1.29 is 37.3 Å². The summed E-state index contributed by atoms with van der Waals surface area (Å²) in [5, 5.41) is 3.04. The highest BCUT2D eigenvalue weighted by Gasteiger charge is 2.30. The number of carbonyl (C=O) groups is 2. The topological polar surface area (TPSA) is 111 Å². The lowest BCUT2D eigenvalue weighted by atomic mass is 10.0. The number of likely N-dealkylation sites (N-methyl/N-ethyl adjacent to an activating group) is 1. The zero-order valence-corrected chi connectivity index (χ0v) is 52.7. The Balaban J connectivity index is 5.37. The number of hydrogen-bond acceptors (Lipinski definition) is 6. The van der Waals surface area contributed by atoms with Gasteiger partial charge in [0.1, 0.15) is 19.3 Å². The largest absolute Gasteiger partial charge is 0.472 e. The number of nitrogens with one attached hydrogen (secondary N) is 1. The molecule has 0 bridgehead atoms. The van der Waals surface area contributed by atoms with E-state index < -0.39 is 20.0 Å². The molecule has 0 heterocycles. The summed E-state index contributed by atoms with van der Waals surface area (Å²) >= 11 is 0. The maximum Gasteiger partial charge on any atom is 0.472 e. The van der Waals surface area contributed by atoms with Crippen LogP contribution in [0.2, 0.25) is 0 Å². The van der Waals surface area contributed by atoms with Gasteiger partial charge in [-0.05, 0) is 122 Å². The van der Waals surface area contributed by atoms with Gasteiger partial charge in [-0.1, -0.05) is 240 Å². The van der Waals surface area contributed by atoms with Crippen molar-refractivity contribution in [1.29, 1.82) is 0 Å². The van der Waals surface area contributed by atoms with Gasteiger partial charge in [0.05, 0.1) is 33.8 Å². The molecule has 0 aliphatic heterocycles. The fraction of sp³-hybridized carbons (Fsp3) is 0.710. The van der Waals surface area contributed by atoms with Crippen LogP contribution in [0.5, 0.6) is 0 Å². The van der Waals surface area contributed by atoms with Gasteiger partial charge < -0.3 is 19.4 Å². The Morgan fingerprint density at radius 3 is 1.19 bits per heavy atom. The third-order valence-corrected chi connectivity index (χ3v) is 14.7. The van der Waals surface area contributed by atoms with Gasteiger partial charge in [-0.15, -0.1) is 0 Å². The van der Waals surface area contributed by atoms with Gasteiger partial charge in [0.25, 0.3) is 0 Å². The van der Waals surface area contributed by atoms with E-state index in [4.69, 9.17) is 13.8 Å². The number of esters is 1. The maximum atomic E-state index is 13.6. The molecule has 0 aromatic carbocycles. The molecule has 0 spiro atoms. The minimum atomic E-state index is -4.47. The van der Waals surface area contributed by atoms with Crippen molar-refractivity contribution in [3.8, 4) is 0 Å². The normalized spacial score (nSPS) is 14.4. The number of ether oxygens (including phenoxy) is 1. The molecule has 454 valence electrons. The quantitative estimate of drug-likeness (QED) is 0.0205. The number of amides is 1. The van der Waals surface area contributed by atoms with Crippen molar-refractivity contribution >= 4 is 19.7 Å².